The minimum Gasteiger partial charge on any atom is -0.409 e. The van der Waals surface area contributed by atoms with Gasteiger partial charge in [0, 0.05) is 13.0 Å². The first kappa shape index (κ1) is 12.1. The molecule has 7 nitrogen and oxygen atoms in total. The van der Waals surface area contributed by atoms with Gasteiger partial charge in [0.25, 0.3) is 10.2 Å². The molecule has 0 aromatic carbocycles. The van der Waals surface area contributed by atoms with Crippen LogP contribution in [-0.2, 0) is 10.2 Å². The lowest BCUT2D eigenvalue weighted by molar-refractivity contribution is 0.316. The summed E-state index contributed by atoms with van der Waals surface area (Å²) in [5, 5.41) is 15.6. The fourth-order valence-electron chi connectivity index (χ4n) is 0.696. The molecule has 0 radical (unpaired) electrons. The predicted molar refractivity (Wildman–Crippen MR) is 48.4 cm³/mol. The highest BCUT2D eigenvalue weighted by atomic mass is 32.2. The molecule has 0 atom stereocenters. The lowest BCUT2D eigenvalue weighted by Crippen LogP contribution is -2.31. The highest BCUT2D eigenvalue weighted by Crippen LogP contribution is 1.93. The Bertz CT molecular complexity index is 261. The first-order valence-corrected chi connectivity index (χ1v) is 5.24. The standard InChI is InChI=1S/C5H14N4O3S/c6-5(9-10)3-1-2-4-8-13(7,11)12/h8,10H,1-4H2,(H2,6,9)(H2,7,11,12). The zero-order chi connectivity index (χ0) is 10.3. The molecule has 0 heterocycles. The molecule has 0 aromatic heterocycles. The van der Waals surface area contributed by atoms with E-state index in [0.29, 0.717) is 19.3 Å². The van der Waals surface area contributed by atoms with Crippen molar-refractivity contribution in [2.75, 3.05) is 6.54 Å². The molecule has 78 valence electrons. The highest BCUT2D eigenvalue weighted by Gasteiger charge is 1.99. The van der Waals surface area contributed by atoms with E-state index >= 15 is 0 Å². The summed E-state index contributed by atoms with van der Waals surface area (Å²) in [6, 6.07) is 0. The third-order valence-corrected chi connectivity index (χ3v) is 1.90. The minimum atomic E-state index is -3.59. The first-order chi connectivity index (χ1) is 5.95. The molecule has 0 rings (SSSR count). The molecule has 0 spiro atoms. The average Bonchev–Trinajstić information content (AvgIpc) is 2.01. The summed E-state index contributed by atoms with van der Waals surface area (Å²) in [6.07, 6.45) is 1.66. The van der Waals surface area contributed by atoms with Gasteiger partial charge in [0.2, 0.25) is 0 Å². The molecule has 0 aromatic rings. The number of rotatable bonds is 6. The van der Waals surface area contributed by atoms with E-state index in [0.717, 1.165) is 0 Å². The van der Waals surface area contributed by atoms with Gasteiger partial charge < -0.3 is 10.9 Å². The third-order valence-electron chi connectivity index (χ3n) is 1.29. The van der Waals surface area contributed by atoms with Gasteiger partial charge in [-0.2, -0.15) is 8.42 Å². The van der Waals surface area contributed by atoms with Crippen molar-refractivity contribution >= 4 is 16.0 Å². The summed E-state index contributed by atoms with van der Waals surface area (Å²) >= 11 is 0. The van der Waals surface area contributed by atoms with E-state index in [-0.39, 0.29) is 12.4 Å². The SMILES string of the molecule is NC(CCCCNS(N)(=O)=O)=NO. The Morgan fingerprint density at radius 1 is 1.46 bits per heavy atom. The number of hydrogen-bond acceptors (Lipinski definition) is 4. The number of hydrogen-bond donors (Lipinski definition) is 4. The molecule has 0 saturated heterocycles. The Morgan fingerprint density at radius 2 is 2.08 bits per heavy atom. The van der Waals surface area contributed by atoms with Crippen LogP contribution in [0, 0.1) is 0 Å². The second-order valence-electron chi connectivity index (χ2n) is 2.49. The van der Waals surface area contributed by atoms with E-state index < -0.39 is 10.2 Å². The molecule has 0 unspecified atom stereocenters. The van der Waals surface area contributed by atoms with E-state index in [4.69, 9.17) is 10.9 Å². The number of nitrogens with one attached hydrogen (secondary N) is 1. The van der Waals surface area contributed by atoms with Gasteiger partial charge >= 0.3 is 0 Å². The van der Waals surface area contributed by atoms with Gasteiger partial charge in [0.05, 0.1) is 0 Å². The van der Waals surface area contributed by atoms with Gasteiger partial charge in [-0.3, -0.25) is 0 Å². The van der Waals surface area contributed by atoms with Crippen molar-refractivity contribution in [1.82, 2.24) is 4.72 Å². The van der Waals surface area contributed by atoms with Crippen molar-refractivity contribution in [2.24, 2.45) is 16.0 Å². The number of nitrogens with zero attached hydrogens (tertiary/aromatic N) is 1. The van der Waals surface area contributed by atoms with Crippen LogP contribution in [0.1, 0.15) is 19.3 Å². The molecule has 0 amide bonds. The number of nitrogens with two attached hydrogens (primary N) is 2. The second kappa shape index (κ2) is 5.73. The lowest BCUT2D eigenvalue weighted by Gasteiger charge is -2.00. The van der Waals surface area contributed by atoms with Crippen molar-refractivity contribution < 1.29 is 13.6 Å². The van der Waals surface area contributed by atoms with Gasteiger partial charge in [-0.05, 0) is 12.8 Å². The van der Waals surface area contributed by atoms with Crippen molar-refractivity contribution in [1.29, 1.82) is 0 Å². The molecule has 0 saturated carbocycles. The molecule has 0 bridgehead atoms. The van der Waals surface area contributed by atoms with E-state index in [9.17, 15) is 8.42 Å². The third kappa shape index (κ3) is 9.05. The Labute approximate surface area is 77.0 Å². The summed E-state index contributed by atoms with van der Waals surface area (Å²) in [6.45, 7) is 0.261. The average molecular weight is 210 g/mol. The smallest absolute Gasteiger partial charge is 0.274 e. The molecule has 6 N–H and O–H groups in total. The molecule has 0 aliphatic carbocycles. The lowest BCUT2D eigenvalue weighted by atomic mass is 10.2. The number of amidine groups is 1. The van der Waals surface area contributed by atoms with Crippen LogP contribution < -0.4 is 15.6 Å². The van der Waals surface area contributed by atoms with Crippen LogP contribution in [0.5, 0.6) is 0 Å². The minimum absolute atomic E-state index is 0.135. The van der Waals surface area contributed by atoms with Crippen LogP contribution in [0.15, 0.2) is 5.16 Å². The topological polar surface area (TPSA) is 131 Å². The normalized spacial score (nSPS) is 13.2. The van der Waals surface area contributed by atoms with Gasteiger partial charge in [-0.25, -0.2) is 9.86 Å². The van der Waals surface area contributed by atoms with Crippen LogP contribution in [0.2, 0.25) is 0 Å². The quantitative estimate of drug-likeness (QED) is 0.142. The predicted octanol–water partition coefficient (Wildman–Crippen LogP) is -1.30. The van der Waals surface area contributed by atoms with Crippen LogP contribution in [-0.4, -0.2) is 26.0 Å². The first-order valence-electron chi connectivity index (χ1n) is 3.69. The number of oxime groups is 1. The zero-order valence-corrected chi connectivity index (χ0v) is 7.92. The second-order valence-corrected chi connectivity index (χ2v) is 3.87. The number of unbranched alkanes of at least 4 members (excludes halogenated alkanes) is 1. The molecular formula is C5H14N4O3S. The zero-order valence-electron chi connectivity index (χ0n) is 7.10. The Kier molecular flexibility index (Phi) is 5.35. The maximum atomic E-state index is 10.4. The summed E-state index contributed by atoms with van der Waals surface area (Å²) in [7, 11) is -3.59. The summed E-state index contributed by atoms with van der Waals surface area (Å²) in [4.78, 5) is 0. The maximum absolute atomic E-state index is 10.4. The Hall–Kier alpha value is -0.860. The molecule has 0 aliphatic heterocycles. The van der Waals surface area contributed by atoms with Crippen LogP contribution in [0.25, 0.3) is 0 Å². The Morgan fingerprint density at radius 3 is 2.54 bits per heavy atom. The molecule has 8 heteroatoms. The van der Waals surface area contributed by atoms with Gasteiger partial charge in [-0.15, -0.1) is 0 Å². The monoisotopic (exact) mass is 210 g/mol. The van der Waals surface area contributed by atoms with Gasteiger partial charge in [-0.1, -0.05) is 5.16 Å². The molecule has 13 heavy (non-hydrogen) atoms. The summed E-state index contributed by atoms with van der Waals surface area (Å²) in [5.41, 5.74) is 5.18. The molecular weight excluding hydrogens is 196 g/mol. The van der Waals surface area contributed by atoms with Crippen LogP contribution in [0.4, 0.5) is 0 Å². The summed E-state index contributed by atoms with van der Waals surface area (Å²) in [5.74, 6) is 0.135. The van der Waals surface area contributed by atoms with Crippen molar-refractivity contribution in [3.63, 3.8) is 0 Å². The summed E-state index contributed by atoms with van der Waals surface area (Å²) < 4.78 is 22.8. The van der Waals surface area contributed by atoms with Crippen molar-refractivity contribution in [3.05, 3.63) is 0 Å². The van der Waals surface area contributed by atoms with Crippen LogP contribution in [0.3, 0.4) is 0 Å². The van der Waals surface area contributed by atoms with E-state index in [1.54, 1.807) is 0 Å². The van der Waals surface area contributed by atoms with Crippen LogP contribution >= 0.6 is 0 Å². The fourth-order valence-corrected chi connectivity index (χ4v) is 1.12. The largest absolute Gasteiger partial charge is 0.409 e. The maximum Gasteiger partial charge on any atom is 0.274 e. The van der Waals surface area contributed by atoms with E-state index in [2.05, 4.69) is 15.0 Å². The van der Waals surface area contributed by atoms with E-state index in [1.165, 1.54) is 0 Å². The van der Waals surface area contributed by atoms with Gasteiger partial charge in [0.1, 0.15) is 5.84 Å². The van der Waals surface area contributed by atoms with Crippen molar-refractivity contribution in [2.45, 2.75) is 19.3 Å². The Balaban J connectivity index is 3.38. The van der Waals surface area contributed by atoms with E-state index in [1.807, 2.05) is 0 Å². The van der Waals surface area contributed by atoms with Gasteiger partial charge in [0.15, 0.2) is 0 Å². The molecule has 0 aliphatic rings. The highest BCUT2D eigenvalue weighted by molar-refractivity contribution is 7.87. The molecule has 0 fully saturated rings. The van der Waals surface area contributed by atoms with Crippen molar-refractivity contribution in [3.8, 4) is 0 Å². The fraction of sp³-hybridized carbons (Fsp3) is 0.800.